The fourth-order valence-electron chi connectivity index (χ4n) is 0.998. The minimum atomic E-state index is -0.190. The Balaban J connectivity index is 2.81. The average Bonchev–Trinajstić information content (AvgIpc) is 2.18. The molecule has 0 aliphatic heterocycles. The summed E-state index contributed by atoms with van der Waals surface area (Å²) in [4.78, 5) is 11.7. The van der Waals surface area contributed by atoms with Gasteiger partial charge in [-0.2, -0.15) is 0 Å². The third-order valence-corrected chi connectivity index (χ3v) is 2.55. The van der Waals surface area contributed by atoms with Crippen LogP contribution in [0.15, 0.2) is 34.8 Å². The van der Waals surface area contributed by atoms with E-state index in [-0.39, 0.29) is 5.91 Å². The molecule has 1 N–H and O–H groups in total. The number of hydrogen-bond donors (Lipinski definition) is 1. The Kier molecular flexibility index (Phi) is 4.36. The zero-order valence-corrected chi connectivity index (χ0v) is 10.7. The molecule has 0 aromatic heterocycles. The molecule has 0 bridgehead atoms. The fourth-order valence-corrected chi connectivity index (χ4v) is 1.56. The molecule has 4 heteroatoms. The zero-order chi connectivity index (χ0) is 11.4. The van der Waals surface area contributed by atoms with Crippen molar-refractivity contribution < 1.29 is 4.79 Å². The molecule has 15 heavy (non-hydrogen) atoms. The molecule has 0 aliphatic rings. The molecule has 0 fully saturated rings. The van der Waals surface area contributed by atoms with Crippen LogP contribution < -0.4 is 5.32 Å². The van der Waals surface area contributed by atoms with Crippen LogP contribution in [0.5, 0.6) is 0 Å². The van der Waals surface area contributed by atoms with Crippen molar-refractivity contribution in [2.24, 2.45) is 0 Å². The lowest BCUT2D eigenvalue weighted by molar-refractivity contribution is 0.0957. The lowest BCUT2D eigenvalue weighted by atomic mass is 10.2. The van der Waals surface area contributed by atoms with Crippen LogP contribution in [0.2, 0.25) is 5.02 Å². The van der Waals surface area contributed by atoms with Crippen molar-refractivity contribution in [3.05, 3.63) is 45.4 Å². The highest BCUT2D eigenvalue weighted by Gasteiger charge is 2.09. The second-order valence-corrected chi connectivity index (χ2v) is 4.59. The van der Waals surface area contributed by atoms with Crippen molar-refractivity contribution in [1.29, 1.82) is 0 Å². The standard InChI is InChI=1S/C11H11BrClNO/c1-7(2)6-14-11(15)9-5-8(12)3-4-10(9)13/h3-5H,1,6H2,2H3,(H,14,15). The summed E-state index contributed by atoms with van der Waals surface area (Å²) in [6, 6.07) is 5.16. The van der Waals surface area contributed by atoms with Crippen molar-refractivity contribution in [3.8, 4) is 0 Å². The van der Waals surface area contributed by atoms with E-state index in [4.69, 9.17) is 11.6 Å². The minimum absolute atomic E-state index is 0.190. The third kappa shape index (κ3) is 3.68. The van der Waals surface area contributed by atoms with Gasteiger partial charge in [0, 0.05) is 11.0 Å². The third-order valence-electron chi connectivity index (χ3n) is 1.72. The number of nitrogens with one attached hydrogen (secondary N) is 1. The smallest absolute Gasteiger partial charge is 0.253 e. The van der Waals surface area contributed by atoms with Gasteiger partial charge < -0.3 is 5.32 Å². The first-order valence-corrected chi connectivity index (χ1v) is 5.55. The van der Waals surface area contributed by atoms with E-state index >= 15 is 0 Å². The van der Waals surface area contributed by atoms with E-state index in [0.29, 0.717) is 17.1 Å². The molecule has 2 nitrogen and oxygen atoms in total. The van der Waals surface area contributed by atoms with Gasteiger partial charge in [-0.25, -0.2) is 0 Å². The van der Waals surface area contributed by atoms with Gasteiger partial charge >= 0.3 is 0 Å². The summed E-state index contributed by atoms with van der Waals surface area (Å²) >= 11 is 9.19. The number of benzene rings is 1. The first-order valence-electron chi connectivity index (χ1n) is 4.38. The van der Waals surface area contributed by atoms with E-state index < -0.39 is 0 Å². The molecule has 1 amide bonds. The number of hydrogen-bond acceptors (Lipinski definition) is 1. The largest absolute Gasteiger partial charge is 0.348 e. The molecule has 0 radical (unpaired) electrons. The number of amides is 1. The highest BCUT2D eigenvalue weighted by molar-refractivity contribution is 9.10. The molecule has 0 atom stereocenters. The number of carbonyl (C=O) groups is 1. The maximum Gasteiger partial charge on any atom is 0.253 e. The average molecular weight is 289 g/mol. The molecule has 1 aromatic rings. The van der Waals surface area contributed by atoms with Crippen molar-refractivity contribution in [1.82, 2.24) is 5.32 Å². The Morgan fingerprint density at radius 3 is 2.87 bits per heavy atom. The topological polar surface area (TPSA) is 29.1 Å². The number of rotatable bonds is 3. The molecule has 0 aliphatic carbocycles. The normalized spacial score (nSPS) is 9.80. The van der Waals surface area contributed by atoms with Gasteiger partial charge in [-0.05, 0) is 25.1 Å². The van der Waals surface area contributed by atoms with Crippen LogP contribution in [0.4, 0.5) is 0 Å². The van der Waals surface area contributed by atoms with Gasteiger partial charge in [0.15, 0.2) is 0 Å². The van der Waals surface area contributed by atoms with Gasteiger partial charge in [0.25, 0.3) is 5.91 Å². The summed E-state index contributed by atoms with van der Waals surface area (Å²) in [7, 11) is 0. The molecule has 0 spiro atoms. The predicted molar refractivity (Wildman–Crippen MR) is 66.3 cm³/mol. The van der Waals surface area contributed by atoms with Crippen LogP contribution in [0, 0.1) is 0 Å². The highest BCUT2D eigenvalue weighted by atomic mass is 79.9. The van der Waals surface area contributed by atoms with Gasteiger partial charge in [0.1, 0.15) is 0 Å². The molecule has 0 unspecified atom stereocenters. The van der Waals surface area contributed by atoms with Crippen LogP contribution in [-0.2, 0) is 0 Å². The first kappa shape index (κ1) is 12.3. The molecule has 0 saturated heterocycles. The van der Waals surface area contributed by atoms with Gasteiger partial charge in [-0.1, -0.05) is 39.7 Å². The van der Waals surface area contributed by atoms with Gasteiger partial charge in [0.05, 0.1) is 10.6 Å². The van der Waals surface area contributed by atoms with Crippen molar-refractivity contribution in [3.63, 3.8) is 0 Å². The Hall–Kier alpha value is -0.800. The van der Waals surface area contributed by atoms with E-state index in [2.05, 4.69) is 27.8 Å². The fraction of sp³-hybridized carbons (Fsp3) is 0.182. The highest BCUT2D eigenvalue weighted by Crippen LogP contribution is 2.20. The summed E-state index contributed by atoms with van der Waals surface area (Å²) in [5, 5.41) is 3.16. The van der Waals surface area contributed by atoms with Crippen LogP contribution >= 0.6 is 27.5 Å². The summed E-state index contributed by atoms with van der Waals surface area (Å²) in [5.41, 5.74) is 1.36. The van der Waals surface area contributed by atoms with E-state index in [1.54, 1.807) is 18.2 Å². The maximum atomic E-state index is 11.7. The number of halogens is 2. The quantitative estimate of drug-likeness (QED) is 0.849. The van der Waals surface area contributed by atoms with Gasteiger partial charge in [-0.3, -0.25) is 4.79 Å². The molecule has 1 rings (SSSR count). The van der Waals surface area contributed by atoms with Crippen LogP contribution in [0.25, 0.3) is 0 Å². The molecule has 1 aromatic carbocycles. The summed E-state index contributed by atoms with van der Waals surface area (Å²) in [6.07, 6.45) is 0. The zero-order valence-electron chi connectivity index (χ0n) is 8.31. The lowest BCUT2D eigenvalue weighted by Gasteiger charge is -2.06. The molecular formula is C11H11BrClNO. The van der Waals surface area contributed by atoms with E-state index in [1.165, 1.54) is 0 Å². The van der Waals surface area contributed by atoms with Crippen molar-refractivity contribution in [2.75, 3.05) is 6.54 Å². The van der Waals surface area contributed by atoms with E-state index in [0.717, 1.165) is 10.0 Å². The van der Waals surface area contributed by atoms with Crippen LogP contribution in [-0.4, -0.2) is 12.5 Å². The Labute approximate surface area is 102 Å². The molecule has 80 valence electrons. The first-order chi connectivity index (χ1) is 7.00. The molecule has 0 heterocycles. The lowest BCUT2D eigenvalue weighted by Crippen LogP contribution is -2.25. The Bertz CT molecular complexity index is 404. The van der Waals surface area contributed by atoms with Gasteiger partial charge in [-0.15, -0.1) is 0 Å². The van der Waals surface area contributed by atoms with Crippen molar-refractivity contribution in [2.45, 2.75) is 6.92 Å². The number of carbonyl (C=O) groups excluding carboxylic acids is 1. The minimum Gasteiger partial charge on any atom is -0.348 e. The molecular weight excluding hydrogens is 277 g/mol. The van der Waals surface area contributed by atoms with E-state index in [9.17, 15) is 4.79 Å². The van der Waals surface area contributed by atoms with Gasteiger partial charge in [0.2, 0.25) is 0 Å². The Morgan fingerprint density at radius 1 is 1.60 bits per heavy atom. The van der Waals surface area contributed by atoms with Crippen molar-refractivity contribution >= 4 is 33.4 Å². The second kappa shape index (κ2) is 5.33. The molecule has 0 saturated carbocycles. The summed E-state index contributed by atoms with van der Waals surface area (Å²) < 4.78 is 0.826. The summed E-state index contributed by atoms with van der Waals surface area (Å²) in [5.74, 6) is -0.190. The second-order valence-electron chi connectivity index (χ2n) is 3.26. The van der Waals surface area contributed by atoms with Crippen LogP contribution in [0.1, 0.15) is 17.3 Å². The Morgan fingerprint density at radius 2 is 2.27 bits per heavy atom. The summed E-state index contributed by atoms with van der Waals surface area (Å²) in [6.45, 7) is 6.01. The maximum absolute atomic E-state index is 11.7. The van der Waals surface area contributed by atoms with E-state index in [1.807, 2.05) is 6.92 Å². The predicted octanol–water partition coefficient (Wildman–Crippen LogP) is 3.41. The monoisotopic (exact) mass is 287 g/mol. The van der Waals surface area contributed by atoms with Crippen LogP contribution in [0.3, 0.4) is 0 Å². The SMILES string of the molecule is C=C(C)CNC(=O)c1cc(Br)ccc1Cl.